The number of ether oxygens (including phenoxy) is 2. The Balaban J connectivity index is 1.77. The molecule has 6 nitrogen and oxygen atoms in total. The van der Waals surface area contributed by atoms with Crippen molar-refractivity contribution in [3.63, 3.8) is 0 Å². The Morgan fingerprint density at radius 1 is 1.16 bits per heavy atom. The van der Waals surface area contributed by atoms with Crippen LogP contribution in [0.15, 0.2) is 41.8 Å². The molecule has 0 atom stereocenters. The zero-order chi connectivity index (χ0) is 18.3. The fourth-order valence-corrected chi connectivity index (χ4v) is 2.55. The number of hydrogen-bond acceptors (Lipinski definition) is 5. The van der Waals surface area contributed by atoms with Gasteiger partial charge in [0.2, 0.25) is 0 Å². The Bertz CT molecular complexity index is 708. The van der Waals surface area contributed by atoms with Gasteiger partial charge in [-0.3, -0.25) is 10.1 Å². The van der Waals surface area contributed by atoms with Crippen molar-refractivity contribution in [2.24, 2.45) is 0 Å². The summed E-state index contributed by atoms with van der Waals surface area (Å²) < 4.78 is 10.8. The highest BCUT2D eigenvalue weighted by Crippen LogP contribution is 2.18. The van der Waals surface area contributed by atoms with Crippen molar-refractivity contribution >= 4 is 29.0 Å². The van der Waals surface area contributed by atoms with E-state index in [2.05, 4.69) is 10.6 Å². The number of nitrogens with one attached hydrogen (secondary N) is 2. The minimum Gasteiger partial charge on any atom is -0.492 e. The number of carbonyl (C=O) groups is 2. The minimum atomic E-state index is -0.557. The molecular weight excluding hydrogens is 340 g/mol. The summed E-state index contributed by atoms with van der Waals surface area (Å²) in [5.74, 6) is 0.484. The van der Waals surface area contributed by atoms with E-state index in [-0.39, 0.29) is 5.91 Å². The predicted molar refractivity (Wildman–Crippen MR) is 98.4 cm³/mol. The number of amides is 2. The second-order valence-electron chi connectivity index (χ2n) is 6.24. The van der Waals surface area contributed by atoms with E-state index in [0.29, 0.717) is 29.5 Å². The van der Waals surface area contributed by atoms with E-state index >= 15 is 0 Å². The number of thiophene rings is 1. The molecule has 1 aromatic carbocycles. The van der Waals surface area contributed by atoms with Crippen molar-refractivity contribution < 1.29 is 19.1 Å². The van der Waals surface area contributed by atoms with E-state index in [9.17, 15) is 9.59 Å². The molecular formula is C18H22N2O4S. The molecule has 0 aliphatic rings. The number of carbonyl (C=O) groups excluding carboxylic acids is 2. The van der Waals surface area contributed by atoms with E-state index in [1.54, 1.807) is 51.1 Å². The lowest BCUT2D eigenvalue weighted by atomic mass is 10.2. The Morgan fingerprint density at radius 2 is 1.96 bits per heavy atom. The molecule has 1 aromatic heterocycles. The summed E-state index contributed by atoms with van der Waals surface area (Å²) in [5.41, 5.74) is 0.0215. The van der Waals surface area contributed by atoms with Crippen LogP contribution in [0.5, 0.6) is 5.75 Å². The molecule has 25 heavy (non-hydrogen) atoms. The Kier molecular flexibility index (Phi) is 6.41. The molecule has 0 aliphatic heterocycles. The molecule has 134 valence electrons. The minimum absolute atomic E-state index is 0.112. The summed E-state index contributed by atoms with van der Waals surface area (Å²) in [6.45, 7) is 6.12. The molecule has 0 fully saturated rings. The Labute approximate surface area is 151 Å². The quantitative estimate of drug-likeness (QED) is 0.764. The van der Waals surface area contributed by atoms with Gasteiger partial charge in [0.25, 0.3) is 5.91 Å². The van der Waals surface area contributed by atoms with Crippen molar-refractivity contribution in [1.82, 2.24) is 5.32 Å². The molecule has 7 heteroatoms. The molecule has 2 rings (SSSR count). The van der Waals surface area contributed by atoms with Gasteiger partial charge < -0.3 is 14.8 Å². The van der Waals surface area contributed by atoms with Crippen LogP contribution in [-0.4, -0.2) is 30.8 Å². The van der Waals surface area contributed by atoms with Crippen LogP contribution < -0.4 is 15.4 Å². The number of hydrogen-bond donors (Lipinski definition) is 2. The van der Waals surface area contributed by atoms with Gasteiger partial charge in [0.15, 0.2) is 0 Å². The van der Waals surface area contributed by atoms with E-state index < -0.39 is 11.7 Å². The summed E-state index contributed by atoms with van der Waals surface area (Å²) in [7, 11) is 0. The fraction of sp³-hybridized carbons (Fsp3) is 0.333. The lowest BCUT2D eigenvalue weighted by Crippen LogP contribution is -2.27. The van der Waals surface area contributed by atoms with Crippen LogP contribution in [0, 0.1) is 0 Å². The molecule has 0 radical (unpaired) electrons. The monoisotopic (exact) mass is 362 g/mol. The van der Waals surface area contributed by atoms with Gasteiger partial charge in [-0.1, -0.05) is 12.1 Å². The Morgan fingerprint density at radius 3 is 2.64 bits per heavy atom. The second kappa shape index (κ2) is 8.53. The summed E-state index contributed by atoms with van der Waals surface area (Å²) in [6.07, 6.45) is -0.520. The zero-order valence-corrected chi connectivity index (χ0v) is 15.3. The van der Waals surface area contributed by atoms with Gasteiger partial charge in [0, 0.05) is 11.8 Å². The third-order valence-corrected chi connectivity index (χ3v) is 3.75. The molecule has 1 heterocycles. The lowest BCUT2D eigenvalue weighted by Gasteiger charge is -2.19. The van der Waals surface area contributed by atoms with Crippen LogP contribution in [0.3, 0.4) is 0 Å². The SMILES string of the molecule is CC(C)(C)OC(=O)Nc1cccc(OCCNC(=O)c2cccs2)c1. The molecule has 0 saturated carbocycles. The van der Waals surface area contributed by atoms with Crippen molar-refractivity contribution in [3.8, 4) is 5.75 Å². The average molecular weight is 362 g/mol. The molecule has 0 spiro atoms. The average Bonchev–Trinajstić information content (AvgIpc) is 3.04. The van der Waals surface area contributed by atoms with Crippen molar-refractivity contribution in [3.05, 3.63) is 46.7 Å². The highest BCUT2D eigenvalue weighted by molar-refractivity contribution is 7.12. The predicted octanol–water partition coefficient (Wildman–Crippen LogP) is 3.90. The van der Waals surface area contributed by atoms with Crippen molar-refractivity contribution in [1.29, 1.82) is 0 Å². The van der Waals surface area contributed by atoms with Crippen molar-refractivity contribution in [2.75, 3.05) is 18.5 Å². The normalized spacial score (nSPS) is 10.8. The van der Waals surface area contributed by atoms with Gasteiger partial charge in [0.05, 0.1) is 11.4 Å². The maximum Gasteiger partial charge on any atom is 0.412 e. The third kappa shape index (κ3) is 6.84. The van der Waals surface area contributed by atoms with Crippen molar-refractivity contribution in [2.45, 2.75) is 26.4 Å². The fourth-order valence-electron chi connectivity index (χ4n) is 1.91. The highest BCUT2D eigenvalue weighted by atomic mass is 32.1. The maximum atomic E-state index is 11.8. The zero-order valence-electron chi connectivity index (χ0n) is 14.5. The molecule has 0 bridgehead atoms. The lowest BCUT2D eigenvalue weighted by molar-refractivity contribution is 0.0635. The van der Waals surface area contributed by atoms with Crippen LogP contribution >= 0.6 is 11.3 Å². The largest absolute Gasteiger partial charge is 0.492 e. The summed E-state index contributed by atoms with van der Waals surface area (Å²) >= 11 is 1.39. The van der Waals surface area contributed by atoms with E-state index in [4.69, 9.17) is 9.47 Å². The van der Waals surface area contributed by atoms with Crippen LogP contribution in [0.4, 0.5) is 10.5 Å². The maximum absolute atomic E-state index is 11.8. The molecule has 0 aliphatic carbocycles. The standard InChI is InChI=1S/C18H22N2O4S/c1-18(2,3)24-17(22)20-13-6-4-7-14(12-13)23-10-9-19-16(21)15-8-5-11-25-15/h4-8,11-12H,9-10H2,1-3H3,(H,19,21)(H,20,22). The summed E-state index contributed by atoms with van der Waals surface area (Å²) in [4.78, 5) is 24.2. The van der Waals surface area contributed by atoms with Crippen LogP contribution in [0.25, 0.3) is 0 Å². The first-order chi connectivity index (χ1) is 11.8. The van der Waals surface area contributed by atoms with Crippen LogP contribution in [0.1, 0.15) is 30.4 Å². The number of anilines is 1. The number of benzene rings is 1. The van der Waals surface area contributed by atoms with Gasteiger partial charge >= 0.3 is 6.09 Å². The van der Waals surface area contributed by atoms with Crippen LogP contribution in [-0.2, 0) is 4.74 Å². The number of rotatable bonds is 6. The second-order valence-corrected chi connectivity index (χ2v) is 7.18. The van der Waals surface area contributed by atoms with E-state index in [1.165, 1.54) is 11.3 Å². The third-order valence-electron chi connectivity index (χ3n) is 2.88. The smallest absolute Gasteiger partial charge is 0.412 e. The first-order valence-electron chi connectivity index (χ1n) is 7.88. The molecule has 0 unspecified atom stereocenters. The molecule has 0 saturated heterocycles. The first-order valence-corrected chi connectivity index (χ1v) is 8.76. The van der Waals surface area contributed by atoms with Crippen LogP contribution in [0.2, 0.25) is 0 Å². The van der Waals surface area contributed by atoms with Gasteiger partial charge in [-0.25, -0.2) is 4.79 Å². The van der Waals surface area contributed by atoms with Gasteiger partial charge in [-0.15, -0.1) is 11.3 Å². The van der Waals surface area contributed by atoms with Gasteiger partial charge in [0.1, 0.15) is 18.0 Å². The van der Waals surface area contributed by atoms with E-state index in [1.807, 2.05) is 11.4 Å². The highest BCUT2D eigenvalue weighted by Gasteiger charge is 2.16. The molecule has 2 N–H and O–H groups in total. The summed E-state index contributed by atoms with van der Waals surface area (Å²) in [5, 5.41) is 7.30. The topological polar surface area (TPSA) is 76.7 Å². The molecule has 2 amide bonds. The van der Waals surface area contributed by atoms with E-state index in [0.717, 1.165) is 0 Å². The first kappa shape index (κ1) is 18.8. The summed E-state index contributed by atoms with van der Waals surface area (Å²) in [6, 6.07) is 10.6. The van der Waals surface area contributed by atoms with Gasteiger partial charge in [-0.2, -0.15) is 0 Å². The molecule has 2 aromatic rings. The van der Waals surface area contributed by atoms with Gasteiger partial charge in [-0.05, 0) is 44.4 Å². The Hall–Kier alpha value is -2.54.